The molecule has 0 aromatic heterocycles. The molecule has 1 atom stereocenters. The predicted molar refractivity (Wildman–Crippen MR) is 80.5 cm³/mol. The van der Waals surface area contributed by atoms with Gasteiger partial charge in [-0.2, -0.15) is 0 Å². The summed E-state index contributed by atoms with van der Waals surface area (Å²) in [6.07, 6.45) is 0. The van der Waals surface area contributed by atoms with Gasteiger partial charge >= 0.3 is 5.97 Å². The van der Waals surface area contributed by atoms with Gasteiger partial charge in [0.2, 0.25) is 5.91 Å². The molecular weight excluding hydrogens is 316 g/mol. The molecule has 0 saturated carbocycles. The van der Waals surface area contributed by atoms with E-state index in [1.54, 1.807) is 25.1 Å². The van der Waals surface area contributed by atoms with E-state index in [9.17, 15) is 24.3 Å². The number of benzene rings is 1. The van der Waals surface area contributed by atoms with E-state index >= 15 is 0 Å². The number of hydrogen-bond donors (Lipinski definition) is 1. The highest BCUT2D eigenvalue weighted by atomic mass is 16.5. The molecule has 1 N–H and O–H groups in total. The van der Waals surface area contributed by atoms with Crippen LogP contribution in [0.4, 0.5) is 0 Å². The smallest absolute Gasteiger partial charge is 0.328 e. The number of hydrogen-bond acceptors (Lipinski definition) is 5. The highest BCUT2D eigenvalue weighted by Gasteiger charge is 2.39. The van der Waals surface area contributed by atoms with Crippen LogP contribution in [-0.4, -0.2) is 70.9 Å². The van der Waals surface area contributed by atoms with Crippen LogP contribution in [0.1, 0.15) is 26.3 Å². The summed E-state index contributed by atoms with van der Waals surface area (Å²) < 4.78 is 5.08. The van der Waals surface area contributed by atoms with Gasteiger partial charge in [-0.05, 0) is 19.1 Å². The minimum absolute atomic E-state index is 0.109. The molecule has 24 heavy (non-hydrogen) atoms. The van der Waals surface area contributed by atoms with Gasteiger partial charge in [0, 0.05) is 6.54 Å². The molecule has 1 saturated heterocycles. The number of carboxylic acids is 1. The van der Waals surface area contributed by atoms with Crippen molar-refractivity contribution in [3.05, 3.63) is 34.9 Å². The molecule has 2 heterocycles. The second-order valence-electron chi connectivity index (χ2n) is 5.76. The predicted octanol–water partition coefficient (Wildman–Crippen LogP) is -0.0970. The van der Waals surface area contributed by atoms with Crippen LogP contribution in [0.5, 0.6) is 0 Å². The van der Waals surface area contributed by atoms with E-state index < -0.39 is 36.3 Å². The molecular formula is C16H16N2O6. The molecule has 8 nitrogen and oxygen atoms in total. The lowest BCUT2D eigenvalue weighted by Crippen LogP contribution is -2.55. The summed E-state index contributed by atoms with van der Waals surface area (Å²) in [4.78, 5) is 50.4. The van der Waals surface area contributed by atoms with Crippen LogP contribution < -0.4 is 0 Å². The van der Waals surface area contributed by atoms with Crippen molar-refractivity contribution >= 4 is 23.7 Å². The van der Waals surface area contributed by atoms with Crippen LogP contribution in [-0.2, 0) is 14.3 Å². The number of rotatable bonds is 3. The topological polar surface area (TPSA) is 104 Å². The fraction of sp³-hybridized carbons (Fsp3) is 0.375. The maximum absolute atomic E-state index is 12.4. The molecule has 1 fully saturated rings. The Morgan fingerprint density at radius 2 is 1.96 bits per heavy atom. The number of ether oxygens (including phenoxy) is 1. The maximum atomic E-state index is 12.4. The monoisotopic (exact) mass is 332 g/mol. The molecule has 0 bridgehead atoms. The standard InChI is InChI=1S/C16H16N2O6/c1-9-2-3-10-11(6-9)15(21)18(14(10)20)7-13(19)17-4-5-24-8-12(17)16(22)23/h2-3,6,12H,4-5,7-8H2,1H3,(H,22,23). The van der Waals surface area contributed by atoms with E-state index in [4.69, 9.17) is 4.74 Å². The molecule has 2 aliphatic heterocycles. The number of morpholine rings is 1. The number of imide groups is 1. The molecule has 3 rings (SSSR count). The van der Waals surface area contributed by atoms with Gasteiger partial charge in [-0.1, -0.05) is 11.6 Å². The van der Waals surface area contributed by atoms with Crippen LogP contribution in [0, 0.1) is 6.92 Å². The number of aliphatic carboxylic acids is 1. The van der Waals surface area contributed by atoms with Crippen molar-refractivity contribution in [2.75, 3.05) is 26.3 Å². The lowest BCUT2D eigenvalue weighted by Gasteiger charge is -2.33. The maximum Gasteiger partial charge on any atom is 0.328 e. The van der Waals surface area contributed by atoms with Crippen molar-refractivity contribution in [2.24, 2.45) is 0 Å². The fourth-order valence-electron chi connectivity index (χ4n) is 2.88. The second-order valence-corrected chi connectivity index (χ2v) is 5.76. The normalized spacial score (nSPS) is 20.3. The van der Waals surface area contributed by atoms with E-state index in [2.05, 4.69) is 0 Å². The highest BCUT2D eigenvalue weighted by Crippen LogP contribution is 2.24. The first kappa shape index (κ1) is 16.1. The number of carbonyl (C=O) groups excluding carboxylic acids is 3. The summed E-state index contributed by atoms with van der Waals surface area (Å²) in [7, 11) is 0. The quantitative estimate of drug-likeness (QED) is 0.775. The number of aryl methyl sites for hydroxylation is 1. The van der Waals surface area contributed by atoms with Crippen molar-refractivity contribution in [1.82, 2.24) is 9.80 Å². The number of carbonyl (C=O) groups is 4. The number of carboxylic acid groups (broad SMARTS) is 1. The van der Waals surface area contributed by atoms with Gasteiger partial charge in [-0.3, -0.25) is 19.3 Å². The number of nitrogens with zero attached hydrogens (tertiary/aromatic N) is 2. The Bertz CT molecular complexity index is 744. The van der Waals surface area contributed by atoms with Gasteiger partial charge in [-0.25, -0.2) is 4.79 Å². The molecule has 0 radical (unpaired) electrons. The van der Waals surface area contributed by atoms with Crippen molar-refractivity contribution in [3.63, 3.8) is 0 Å². The summed E-state index contributed by atoms with van der Waals surface area (Å²) in [6, 6.07) is 3.78. The number of amides is 3. The van der Waals surface area contributed by atoms with Gasteiger partial charge in [0.15, 0.2) is 6.04 Å². The lowest BCUT2D eigenvalue weighted by molar-refractivity contribution is -0.158. The third kappa shape index (κ3) is 2.65. The van der Waals surface area contributed by atoms with Crippen LogP contribution >= 0.6 is 0 Å². The van der Waals surface area contributed by atoms with E-state index in [-0.39, 0.29) is 30.9 Å². The average Bonchev–Trinajstić information content (AvgIpc) is 2.79. The zero-order valence-electron chi connectivity index (χ0n) is 13.0. The van der Waals surface area contributed by atoms with Crippen molar-refractivity contribution < 1.29 is 29.0 Å². The Hall–Kier alpha value is -2.74. The Balaban J connectivity index is 1.79. The summed E-state index contributed by atoms with van der Waals surface area (Å²) in [5, 5.41) is 9.17. The van der Waals surface area contributed by atoms with Crippen LogP contribution in [0.15, 0.2) is 18.2 Å². The van der Waals surface area contributed by atoms with Gasteiger partial charge in [-0.15, -0.1) is 0 Å². The summed E-state index contributed by atoms with van der Waals surface area (Å²) in [5.41, 5.74) is 1.36. The first-order valence-corrected chi connectivity index (χ1v) is 7.47. The van der Waals surface area contributed by atoms with Gasteiger partial charge in [0.25, 0.3) is 11.8 Å². The van der Waals surface area contributed by atoms with E-state index in [0.29, 0.717) is 0 Å². The van der Waals surface area contributed by atoms with Crippen molar-refractivity contribution in [1.29, 1.82) is 0 Å². The summed E-state index contributed by atoms with van der Waals surface area (Å²) in [5.74, 6) is -2.84. The minimum Gasteiger partial charge on any atom is -0.480 e. The molecule has 0 spiro atoms. The van der Waals surface area contributed by atoms with E-state index in [0.717, 1.165) is 15.4 Å². The molecule has 126 valence electrons. The van der Waals surface area contributed by atoms with Gasteiger partial charge in [0.05, 0.1) is 24.3 Å². The van der Waals surface area contributed by atoms with Crippen LogP contribution in [0.25, 0.3) is 0 Å². The minimum atomic E-state index is -1.18. The summed E-state index contributed by atoms with van der Waals surface area (Å²) in [6.45, 7) is 1.55. The second kappa shape index (κ2) is 6.04. The van der Waals surface area contributed by atoms with Gasteiger partial charge in [0.1, 0.15) is 6.54 Å². The zero-order valence-corrected chi connectivity index (χ0v) is 13.0. The Kier molecular flexibility index (Phi) is 4.06. The fourth-order valence-corrected chi connectivity index (χ4v) is 2.88. The van der Waals surface area contributed by atoms with Crippen molar-refractivity contribution in [3.8, 4) is 0 Å². The zero-order chi connectivity index (χ0) is 17.4. The first-order chi connectivity index (χ1) is 11.4. The Labute approximate surface area is 137 Å². The lowest BCUT2D eigenvalue weighted by atomic mass is 10.1. The Morgan fingerprint density at radius 3 is 2.67 bits per heavy atom. The van der Waals surface area contributed by atoms with Crippen LogP contribution in [0.3, 0.4) is 0 Å². The molecule has 0 aliphatic carbocycles. The highest BCUT2D eigenvalue weighted by molar-refractivity contribution is 6.22. The molecule has 1 unspecified atom stereocenters. The van der Waals surface area contributed by atoms with E-state index in [1.807, 2.05) is 0 Å². The third-order valence-electron chi connectivity index (χ3n) is 4.15. The van der Waals surface area contributed by atoms with Crippen molar-refractivity contribution in [2.45, 2.75) is 13.0 Å². The molecule has 3 amide bonds. The molecule has 1 aromatic rings. The summed E-state index contributed by atoms with van der Waals surface area (Å²) >= 11 is 0. The molecule has 2 aliphatic rings. The first-order valence-electron chi connectivity index (χ1n) is 7.47. The average molecular weight is 332 g/mol. The van der Waals surface area contributed by atoms with E-state index in [1.165, 1.54) is 0 Å². The number of fused-ring (bicyclic) bond motifs is 1. The largest absolute Gasteiger partial charge is 0.480 e. The molecule has 1 aromatic carbocycles. The Morgan fingerprint density at radius 1 is 1.25 bits per heavy atom. The SMILES string of the molecule is Cc1ccc2c(c1)C(=O)N(CC(=O)N1CCOCC1C(=O)O)C2=O. The van der Waals surface area contributed by atoms with Crippen LogP contribution in [0.2, 0.25) is 0 Å². The molecule has 8 heteroatoms. The third-order valence-corrected chi connectivity index (χ3v) is 4.15. The van der Waals surface area contributed by atoms with Gasteiger partial charge < -0.3 is 14.7 Å².